The predicted octanol–water partition coefficient (Wildman–Crippen LogP) is 3.24. The summed E-state index contributed by atoms with van der Waals surface area (Å²) >= 11 is 0. The first-order valence-corrected chi connectivity index (χ1v) is 7.12. The Morgan fingerprint density at radius 2 is 1.65 bits per heavy atom. The van der Waals surface area contributed by atoms with Crippen molar-refractivity contribution in [2.75, 3.05) is 33.2 Å². The van der Waals surface area contributed by atoms with Crippen molar-refractivity contribution in [2.24, 2.45) is 17.3 Å². The SMILES string of the molecule is CC(C)CNCCN(C)CCC(C)C(C)(C)C. The Morgan fingerprint density at radius 3 is 2.12 bits per heavy atom. The highest BCUT2D eigenvalue weighted by Gasteiger charge is 2.19. The molecule has 1 unspecified atom stereocenters. The molecule has 0 aromatic carbocycles. The van der Waals surface area contributed by atoms with Gasteiger partial charge in [0.1, 0.15) is 0 Å². The van der Waals surface area contributed by atoms with Crippen LogP contribution < -0.4 is 5.32 Å². The molecule has 0 amide bonds. The maximum Gasteiger partial charge on any atom is 0.0104 e. The molecule has 2 heteroatoms. The van der Waals surface area contributed by atoms with Crippen molar-refractivity contribution in [3.8, 4) is 0 Å². The molecule has 0 saturated carbocycles. The van der Waals surface area contributed by atoms with E-state index in [1.807, 2.05) is 0 Å². The summed E-state index contributed by atoms with van der Waals surface area (Å²) in [7, 11) is 2.23. The molecule has 0 aromatic rings. The highest BCUT2D eigenvalue weighted by atomic mass is 15.1. The Morgan fingerprint density at radius 1 is 1.06 bits per heavy atom. The first kappa shape index (κ1) is 16.9. The summed E-state index contributed by atoms with van der Waals surface area (Å²) in [4.78, 5) is 2.44. The van der Waals surface area contributed by atoms with Gasteiger partial charge in [-0.05, 0) is 43.8 Å². The third kappa shape index (κ3) is 9.61. The third-order valence-electron chi connectivity index (χ3n) is 3.65. The van der Waals surface area contributed by atoms with E-state index in [9.17, 15) is 0 Å². The van der Waals surface area contributed by atoms with Crippen molar-refractivity contribution < 1.29 is 0 Å². The topological polar surface area (TPSA) is 15.3 Å². The second-order valence-electron chi connectivity index (χ2n) is 6.96. The molecule has 0 aromatic heterocycles. The van der Waals surface area contributed by atoms with E-state index >= 15 is 0 Å². The van der Waals surface area contributed by atoms with Crippen molar-refractivity contribution >= 4 is 0 Å². The molecule has 0 fully saturated rings. The van der Waals surface area contributed by atoms with Gasteiger partial charge in [0.05, 0.1) is 0 Å². The van der Waals surface area contributed by atoms with Crippen molar-refractivity contribution in [1.82, 2.24) is 10.2 Å². The Labute approximate surface area is 109 Å². The van der Waals surface area contributed by atoms with Crippen LogP contribution >= 0.6 is 0 Å². The second-order valence-corrected chi connectivity index (χ2v) is 6.96. The van der Waals surface area contributed by atoms with Crippen molar-refractivity contribution in [2.45, 2.75) is 48.0 Å². The molecule has 0 rings (SSSR count). The second kappa shape index (κ2) is 8.10. The molecule has 0 aliphatic heterocycles. The van der Waals surface area contributed by atoms with Crippen LogP contribution in [0, 0.1) is 17.3 Å². The number of hydrogen-bond donors (Lipinski definition) is 1. The van der Waals surface area contributed by atoms with E-state index in [0.29, 0.717) is 5.41 Å². The van der Waals surface area contributed by atoms with Gasteiger partial charge < -0.3 is 10.2 Å². The minimum atomic E-state index is 0.441. The summed E-state index contributed by atoms with van der Waals surface area (Å²) in [5, 5.41) is 3.49. The number of likely N-dealkylation sites (N-methyl/N-ethyl adjacent to an activating group) is 1. The predicted molar refractivity (Wildman–Crippen MR) is 78.4 cm³/mol. The molecule has 104 valence electrons. The molecular weight excluding hydrogens is 208 g/mol. The fourth-order valence-corrected chi connectivity index (χ4v) is 1.62. The van der Waals surface area contributed by atoms with Crippen LogP contribution in [0.5, 0.6) is 0 Å². The lowest BCUT2D eigenvalue weighted by Gasteiger charge is -2.29. The molecule has 1 N–H and O–H groups in total. The maximum atomic E-state index is 3.49. The van der Waals surface area contributed by atoms with Gasteiger partial charge >= 0.3 is 0 Å². The Kier molecular flexibility index (Phi) is 8.06. The maximum absolute atomic E-state index is 3.49. The number of hydrogen-bond acceptors (Lipinski definition) is 2. The van der Waals surface area contributed by atoms with E-state index in [0.717, 1.165) is 31.5 Å². The van der Waals surface area contributed by atoms with Gasteiger partial charge in [0.2, 0.25) is 0 Å². The fourth-order valence-electron chi connectivity index (χ4n) is 1.62. The van der Waals surface area contributed by atoms with Crippen LogP contribution in [-0.4, -0.2) is 38.1 Å². The molecule has 2 nitrogen and oxygen atoms in total. The van der Waals surface area contributed by atoms with E-state index in [4.69, 9.17) is 0 Å². The molecule has 0 aliphatic carbocycles. The highest BCUT2D eigenvalue weighted by molar-refractivity contribution is 4.71. The summed E-state index contributed by atoms with van der Waals surface area (Å²) in [5.74, 6) is 1.54. The zero-order valence-corrected chi connectivity index (χ0v) is 13.1. The van der Waals surface area contributed by atoms with E-state index in [1.165, 1.54) is 13.0 Å². The summed E-state index contributed by atoms with van der Waals surface area (Å²) in [6.45, 7) is 18.5. The van der Waals surface area contributed by atoms with Gasteiger partial charge in [0, 0.05) is 13.1 Å². The van der Waals surface area contributed by atoms with Crippen LogP contribution in [0.25, 0.3) is 0 Å². The van der Waals surface area contributed by atoms with Crippen LogP contribution in [0.4, 0.5) is 0 Å². The van der Waals surface area contributed by atoms with Crippen LogP contribution in [-0.2, 0) is 0 Å². The first-order chi connectivity index (χ1) is 7.73. The summed E-state index contributed by atoms with van der Waals surface area (Å²) in [6.07, 6.45) is 1.30. The van der Waals surface area contributed by atoms with Gasteiger partial charge in [-0.3, -0.25) is 0 Å². The average Bonchev–Trinajstić information content (AvgIpc) is 2.19. The molecule has 1 atom stereocenters. The van der Waals surface area contributed by atoms with Crippen LogP contribution in [0.15, 0.2) is 0 Å². The van der Waals surface area contributed by atoms with E-state index in [-0.39, 0.29) is 0 Å². The zero-order chi connectivity index (χ0) is 13.5. The standard InChI is InChI=1S/C15H34N2/c1-13(2)12-16-9-11-17(7)10-8-14(3)15(4,5)6/h13-14,16H,8-12H2,1-7H3. The van der Waals surface area contributed by atoms with Gasteiger partial charge in [-0.15, -0.1) is 0 Å². The Balaban J connectivity index is 3.56. The molecule has 0 aliphatic rings. The fraction of sp³-hybridized carbons (Fsp3) is 1.00. The van der Waals surface area contributed by atoms with Crippen molar-refractivity contribution in [1.29, 1.82) is 0 Å². The zero-order valence-electron chi connectivity index (χ0n) is 13.1. The molecular formula is C15H34N2. The van der Waals surface area contributed by atoms with Crippen LogP contribution in [0.3, 0.4) is 0 Å². The molecule has 0 radical (unpaired) electrons. The van der Waals surface area contributed by atoms with Crippen molar-refractivity contribution in [3.05, 3.63) is 0 Å². The van der Waals surface area contributed by atoms with Gasteiger partial charge in [-0.25, -0.2) is 0 Å². The van der Waals surface area contributed by atoms with Crippen LogP contribution in [0.1, 0.15) is 48.0 Å². The number of nitrogens with zero attached hydrogens (tertiary/aromatic N) is 1. The van der Waals surface area contributed by atoms with Crippen molar-refractivity contribution in [3.63, 3.8) is 0 Å². The smallest absolute Gasteiger partial charge is 0.0104 e. The molecule has 0 heterocycles. The first-order valence-electron chi connectivity index (χ1n) is 7.12. The average molecular weight is 242 g/mol. The minimum Gasteiger partial charge on any atom is -0.315 e. The molecule has 0 spiro atoms. The van der Waals surface area contributed by atoms with Crippen LogP contribution in [0.2, 0.25) is 0 Å². The van der Waals surface area contributed by atoms with Gasteiger partial charge in [-0.2, -0.15) is 0 Å². The third-order valence-corrected chi connectivity index (χ3v) is 3.65. The van der Waals surface area contributed by atoms with Gasteiger partial charge in [-0.1, -0.05) is 41.5 Å². The van der Waals surface area contributed by atoms with E-state index < -0.39 is 0 Å². The quantitative estimate of drug-likeness (QED) is 0.657. The number of nitrogens with one attached hydrogen (secondary N) is 1. The monoisotopic (exact) mass is 242 g/mol. The van der Waals surface area contributed by atoms with Gasteiger partial charge in [0.15, 0.2) is 0 Å². The highest BCUT2D eigenvalue weighted by Crippen LogP contribution is 2.27. The minimum absolute atomic E-state index is 0.441. The molecule has 0 saturated heterocycles. The lowest BCUT2D eigenvalue weighted by molar-refractivity contribution is 0.212. The Bertz CT molecular complexity index is 182. The molecule has 0 bridgehead atoms. The summed E-state index contributed by atoms with van der Waals surface area (Å²) in [5.41, 5.74) is 0.441. The van der Waals surface area contributed by atoms with E-state index in [1.54, 1.807) is 0 Å². The largest absolute Gasteiger partial charge is 0.315 e. The summed E-state index contributed by atoms with van der Waals surface area (Å²) in [6, 6.07) is 0. The summed E-state index contributed by atoms with van der Waals surface area (Å²) < 4.78 is 0. The normalized spacial score (nSPS) is 14.6. The number of rotatable bonds is 8. The van der Waals surface area contributed by atoms with E-state index in [2.05, 4.69) is 58.8 Å². The lowest BCUT2D eigenvalue weighted by atomic mass is 9.80. The van der Waals surface area contributed by atoms with Gasteiger partial charge in [0.25, 0.3) is 0 Å². The Hall–Kier alpha value is -0.0800. The molecule has 17 heavy (non-hydrogen) atoms. The lowest BCUT2D eigenvalue weighted by Crippen LogP contribution is -2.33.